The smallest absolute Gasteiger partial charge is 0.176 e. The number of nitrogens with zero attached hydrogens (tertiary/aromatic N) is 4. The summed E-state index contributed by atoms with van der Waals surface area (Å²) in [6.45, 7) is 1.90. The molecule has 0 aromatic carbocycles. The SMILES string of the molecule is OCC[n+]1cccc(C2=c3ccc([nH]3)=C(c3ccc[n+](CCO)c3)c3ccc([nH]3)C(c3ccc[n+](CCO)c3)=c3ccc([nH]3)=C(c3ccc[n+](CCO)c3)c3ccc2[nH]3)c1. The largest absolute Gasteiger partial charge is 0.390 e. The van der Waals surface area contributed by atoms with Crippen LogP contribution in [0.4, 0.5) is 0 Å². The summed E-state index contributed by atoms with van der Waals surface area (Å²) in [6, 6.07) is 33.2. The molecule has 0 saturated carbocycles. The maximum Gasteiger partial charge on any atom is 0.176 e. The highest BCUT2D eigenvalue weighted by molar-refractivity contribution is 5.84. The number of pyridine rings is 4. The Morgan fingerprint density at radius 2 is 0.567 bits per heavy atom. The Kier molecular flexibility index (Phi) is 11.0. The summed E-state index contributed by atoms with van der Waals surface area (Å²) in [4.78, 5) is 15.3. The van der Waals surface area contributed by atoms with Crippen LogP contribution in [-0.4, -0.2) is 66.8 Å². The van der Waals surface area contributed by atoms with Gasteiger partial charge in [0.15, 0.2) is 75.8 Å². The highest BCUT2D eigenvalue weighted by Gasteiger charge is 2.22. The van der Waals surface area contributed by atoms with Crippen LogP contribution in [0.15, 0.2) is 147 Å². The fraction of sp³-hybridized carbons (Fsp3) is 0.167. The van der Waals surface area contributed by atoms with Gasteiger partial charge in [0, 0.05) is 113 Å². The number of H-pyrrole nitrogens is 4. The Morgan fingerprint density at radius 1 is 0.317 bits per heavy atom. The predicted molar refractivity (Wildman–Crippen MR) is 223 cm³/mol. The van der Waals surface area contributed by atoms with Gasteiger partial charge in [-0.25, -0.2) is 18.3 Å². The number of aliphatic hydroxyl groups excluding tert-OH is 4. The van der Waals surface area contributed by atoms with E-state index in [4.69, 9.17) is 0 Å². The third-order valence-corrected chi connectivity index (χ3v) is 10.9. The second kappa shape index (κ2) is 17.1. The van der Waals surface area contributed by atoms with Gasteiger partial charge in [-0.1, -0.05) is 0 Å². The van der Waals surface area contributed by atoms with Crippen molar-refractivity contribution in [3.8, 4) is 0 Å². The lowest BCUT2D eigenvalue weighted by Gasteiger charge is -2.09. The molecule has 1 aliphatic heterocycles. The van der Waals surface area contributed by atoms with E-state index >= 15 is 0 Å². The molecule has 12 heteroatoms. The zero-order valence-electron chi connectivity index (χ0n) is 33.1. The lowest BCUT2D eigenvalue weighted by molar-refractivity contribution is -0.698. The molecule has 300 valence electrons. The minimum absolute atomic E-state index is 0.0163. The van der Waals surface area contributed by atoms with Gasteiger partial charge in [-0.15, -0.1) is 0 Å². The number of aromatic nitrogens is 8. The third-order valence-electron chi connectivity index (χ3n) is 10.9. The first-order valence-corrected chi connectivity index (χ1v) is 20.2. The molecule has 60 heavy (non-hydrogen) atoms. The van der Waals surface area contributed by atoms with Crippen LogP contribution in [0.5, 0.6) is 0 Å². The second-order valence-corrected chi connectivity index (χ2v) is 14.9. The summed E-state index contributed by atoms with van der Waals surface area (Å²) in [7, 11) is 0. The molecule has 8 N–H and O–H groups in total. The number of hydrogen-bond donors (Lipinski definition) is 8. The summed E-state index contributed by atoms with van der Waals surface area (Å²) in [6.07, 6.45) is 16.1. The predicted octanol–water partition coefficient (Wildman–Crippen LogP) is -0.579. The van der Waals surface area contributed by atoms with Crippen LogP contribution in [0.3, 0.4) is 0 Å². The monoisotopic (exact) mass is 800 g/mol. The number of nitrogens with one attached hydrogen (secondary N) is 4. The van der Waals surface area contributed by atoms with Gasteiger partial charge in [0.05, 0.1) is 0 Å². The van der Waals surface area contributed by atoms with E-state index in [1.165, 1.54) is 0 Å². The molecule has 0 saturated heterocycles. The van der Waals surface area contributed by atoms with Gasteiger partial charge in [0.1, 0.15) is 26.4 Å². The summed E-state index contributed by atoms with van der Waals surface area (Å²) < 4.78 is 7.96. The topological polar surface area (TPSA) is 160 Å². The fourth-order valence-corrected chi connectivity index (χ4v) is 8.27. The molecule has 1 aliphatic rings. The van der Waals surface area contributed by atoms with Crippen molar-refractivity contribution in [2.24, 2.45) is 0 Å². The Morgan fingerprint density at radius 3 is 0.800 bits per heavy atom. The number of rotatable bonds is 12. The highest BCUT2D eigenvalue weighted by Crippen LogP contribution is 2.27. The Balaban J connectivity index is 1.41. The van der Waals surface area contributed by atoms with Crippen molar-refractivity contribution in [2.75, 3.05) is 26.4 Å². The van der Waals surface area contributed by atoms with E-state index in [0.29, 0.717) is 26.2 Å². The number of aliphatic hydroxyl groups is 4. The minimum Gasteiger partial charge on any atom is -0.390 e. The van der Waals surface area contributed by atoms with Gasteiger partial charge in [-0.05, 0) is 72.8 Å². The molecule has 0 fully saturated rings. The lowest BCUT2D eigenvalue weighted by atomic mass is 10.0. The molecule has 8 aromatic heterocycles. The van der Waals surface area contributed by atoms with Crippen LogP contribution in [0.2, 0.25) is 0 Å². The third kappa shape index (κ3) is 7.68. The molecule has 0 atom stereocenters. The van der Waals surface area contributed by atoms with Crippen LogP contribution < -0.4 is 39.7 Å². The van der Waals surface area contributed by atoms with Crippen LogP contribution in [-0.2, 0) is 26.2 Å². The highest BCUT2D eigenvalue weighted by atomic mass is 16.3. The molecule has 0 aliphatic carbocycles. The molecule has 0 unspecified atom stereocenters. The van der Waals surface area contributed by atoms with Gasteiger partial charge in [-0.2, -0.15) is 0 Å². The zero-order valence-corrected chi connectivity index (χ0v) is 33.1. The Hall–Kier alpha value is -6.96. The maximum absolute atomic E-state index is 9.86. The summed E-state index contributed by atoms with van der Waals surface area (Å²) in [5.74, 6) is 0. The Bertz CT molecular complexity index is 2680. The van der Waals surface area contributed by atoms with Crippen molar-refractivity contribution in [3.63, 3.8) is 0 Å². The molecule has 0 radical (unpaired) electrons. The number of hydrogen-bond acceptors (Lipinski definition) is 4. The molecule has 9 rings (SSSR count). The maximum atomic E-state index is 9.86. The zero-order chi connectivity index (χ0) is 41.0. The minimum atomic E-state index is 0.0163. The van der Waals surface area contributed by atoms with Crippen LogP contribution in [0.1, 0.15) is 45.0 Å². The van der Waals surface area contributed by atoms with E-state index in [2.05, 4.69) is 118 Å². The molecule has 8 bridgehead atoms. The van der Waals surface area contributed by atoms with E-state index in [0.717, 1.165) is 88.7 Å². The second-order valence-electron chi connectivity index (χ2n) is 14.9. The fourth-order valence-electron chi connectivity index (χ4n) is 8.27. The van der Waals surface area contributed by atoms with Crippen LogP contribution in [0, 0.1) is 0 Å². The lowest BCUT2D eigenvalue weighted by Crippen LogP contribution is -2.35. The number of aromatic amines is 4. The number of fused-ring (bicyclic) bond motifs is 8. The van der Waals surface area contributed by atoms with E-state index < -0.39 is 0 Å². The van der Waals surface area contributed by atoms with E-state index in [-0.39, 0.29) is 26.4 Å². The standard InChI is InChI=1S/C48H48N8O4/c57-25-21-53-17-1-5-33(29-53)45-37-9-11-39(49-37)46(34-6-2-18-54(30-34)22-26-58)41-13-15-43(51-41)48(36-8-4-20-56(32-36)24-28-60)44-16-14-42(52-44)47(40-12-10-38(45)50-40)35-7-3-19-55(31-35)23-27-59/h1-20,29-32,49-52,57-60H,21-28H2/q+4. The molecule has 8 aromatic rings. The van der Waals surface area contributed by atoms with Gasteiger partial charge in [0.25, 0.3) is 0 Å². The molecule has 12 nitrogen and oxygen atoms in total. The molecule has 0 spiro atoms. The van der Waals surface area contributed by atoms with Crippen molar-refractivity contribution in [1.29, 1.82) is 0 Å². The van der Waals surface area contributed by atoms with Gasteiger partial charge in [-0.3, -0.25) is 0 Å². The summed E-state index contributed by atoms with van der Waals surface area (Å²) >= 11 is 0. The van der Waals surface area contributed by atoms with Crippen LogP contribution >= 0.6 is 0 Å². The molecular formula is C48H48N8O4+4. The van der Waals surface area contributed by atoms with Gasteiger partial charge < -0.3 is 40.4 Å². The van der Waals surface area contributed by atoms with Crippen molar-refractivity contribution in [2.45, 2.75) is 26.2 Å². The first-order valence-electron chi connectivity index (χ1n) is 20.2. The average Bonchev–Trinajstić information content (AvgIpc) is 4.10. The molecule has 0 amide bonds. The quantitative estimate of drug-likeness (QED) is 0.0779. The summed E-state index contributed by atoms with van der Waals surface area (Å²) in [5, 5.41) is 43.0. The van der Waals surface area contributed by atoms with E-state index in [9.17, 15) is 20.4 Å². The first-order chi connectivity index (χ1) is 29.5. The van der Waals surface area contributed by atoms with E-state index in [1.807, 2.05) is 67.3 Å². The van der Waals surface area contributed by atoms with Crippen molar-refractivity contribution < 1.29 is 38.7 Å². The first kappa shape index (κ1) is 38.6. The van der Waals surface area contributed by atoms with E-state index in [1.54, 1.807) is 0 Å². The van der Waals surface area contributed by atoms with Crippen molar-refractivity contribution >= 4 is 22.3 Å². The molecule has 9 heterocycles. The molecular weight excluding hydrogens is 753 g/mol. The Labute approximate surface area is 345 Å². The van der Waals surface area contributed by atoms with Crippen molar-refractivity contribution in [1.82, 2.24) is 19.9 Å². The normalized spacial score (nSPS) is 12.7. The summed E-state index contributed by atoms with van der Waals surface area (Å²) in [5.41, 5.74) is 11.2. The average molecular weight is 801 g/mol. The van der Waals surface area contributed by atoms with Crippen LogP contribution in [0.25, 0.3) is 22.3 Å². The van der Waals surface area contributed by atoms with Crippen molar-refractivity contribution in [3.05, 3.63) is 213 Å². The van der Waals surface area contributed by atoms with Gasteiger partial charge in [0.2, 0.25) is 0 Å². The van der Waals surface area contributed by atoms with Gasteiger partial charge >= 0.3 is 0 Å².